The summed E-state index contributed by atoms with van der Waals surface area (Å²) in [6.07, 6.45) is 1.54. The van der Waals surface area contributed by atoms with E-state index in [1.807, 2.05) is 13.8 Å². The fraction of sp³-hybridized carbons (Fsp3) is 0.600. The van der Waals surface area contributed by atoms with Crippen molar-refractivity contribution in [3.63, 3.8) is 0 Å². The van der Waals surface area contributed by atoms with Gasteiger partial charge >= 0.3 is 19.8 Å². The van der Waals surface area contributed by atoms with Crippen molar-refractivity contribution < 1.29 is 54.9 Å². The molecule has 0 amide bonds. The average molecular weight is 559 g/mol. The molecule has 1 aromatic rings. The van der Waals surface area contributed by atoms with Crippen LogP contribution >= 0.6 is 0 Å². The molecule has 1 aromatic carbocycles. The van der Waals surface area contributed by atoms with Gasteiger partial charge in [-0.05, 0) is 44.1 Å². The number of nitro groups is 1. The molecule has 0 bridgehead atoms. The van der Waals surface area contributed by atoms with Crippen LogP contribution in [0.2, 0.25) is 18.1 Å². The summed E-state index contributed by atoms with van der Waals surface area (Å²) < 4.78 is 70.7. The maximum Gasteiger partial charge on any atom is 0.485 e. The Morgan fingerprint density at radius 3 is 2.06 bits per heavy atom. The molecule has 0 radical (unpaired) electrons. The molecule has 1 aliphatic heterocycles. The Kier molecular flexibility index (Phi) is 9.32. The predicted octanol–water partition coefficient (Wildman–Crippen LogP) is 4.31. The monoisotopic (exact) mass is 558 g/mol. The number of hydrogen-bond acceptors (Lipinski definition) is 9. The molecule has 1 atom stereocenters. The van der Waals surface area contributed by atoms with E-state index >= 15 is 0 Å². The minimum absolute atomic E-state index is 0.0171. The molecule has 0 saturated carbocycles. The Hall–Kier alpha value is -2.72. The van der Waals surface area contributed by atoms with E-state index in [1.165, 1.54) is 29.2 Å². The van der Waals surface area contributed by atoms with Gasteiger partial charge in [0.2, 0.25) is 0 Å². The number of carbonyl (C=O) groups is 1. The van der Waals surface area contributed by atoms with Gasteiger partial charge in [0, 0.05) is 18.6 Å². The Labute approximate surface area is 207 Å². The number of halogens is 3. The van der Waals surface area contributed by atoms with Gasteiger partial charge in [-0.2, -0.15) is 13.2 Å². The summed E-state index contributed by atoms with van der Waals surface area (Å²) in [6.45, 7) is 14.4. The van der Waals surface area contributed by atoms with Crippen LogP contribution in [0, 0.1) is 10.1 Å². The third-order valence-corrected chi connectivity index (χ3v) is 10.1. The molecule has 0 N–H and O–H groups in total. The number of carbonyl (C=O) groups excluding carboxylic acids is 1. The van der Waals surface area contributed by atoms with Gasteiger partial charge in [0.15, 0.2) is 26.7 Å². The van der Waals surface area contributed by atoms with Crippen molar-refractivity contribution in [1.29, 1.82) is 0 Å². The minimum Gasteiger partial charge on any atom is -0.741 e. The predicted molar refractivity (Wildman–Crippen MR) is 122 cm³/mol. The molecule has 36 heavy (non-hydrogen) atoms. The molecule has 11 nitrogen and oxygen atoms in total. The lowest BCUT2D eigenvalue weighted by Crippen LogP contribution is -2.50. The molecule has 0 spiro atoms. The lowest BCUT2D eigenvalue weighted by Gasteiger charge is -2.34. The first-order valence-corrected chi connectivity index (χ1v) is 14.8. The van der Waals surface area contributed by atoms with E-state index in [1.54, 1.807) is 6.21 Å². The van der Waals surface area contributed by atoms with Crippen molar-refractivity contribution in [3.05, 3.63) is 39.9 Å². The van der Waals surface area contributed by atoms with Gasteiger partial charge in [0.1, 0.15) is 0 Å². The lowest BCUT2D eigenvalue weighted by molar-refractivity contribution is -0.960. The number of hydrogen-bond donors (Lipinski definition) is 0. The van der Waals surface area contributed by atoms with Gasteiger partial charge in [0.05, 0.1) is 10.5 Å². The second-order valence-corrected chi connectivity index (χ2v) is 16.1. The third-order valence-electron chi connectivity index (χ3n) is 5.30. The quantitative estimate of drug-likeness (QED) is 0.129. The fourth-order valence-electron chi connectivity index (χ4n) is 2.39. The van der Waals surface area contributed by atoms with Crippen LogP contribution in [0.4, 0.5) is 18.9 Å². The number of nitro benzene ring substituents is 1. The highest BCUT2D eigenvalue weighted by Crippen LogP contribution is 2.37. The SMILES string of the molecule is CC1(C)CC(OC(=O)c2ccc([N+](=O)[O-])cc2)C=[N+](O[Si](C)(C)C(C)(C)C)O1.O=S(=O)([O-])C(F)(F)F. The number of rotatable bonds is 5. The van der Waals surface area contributed by atoms with Crippen LogP contribution in [0.5, 0.6) is 0 Å². The van der Waals surface area contributed by atoms with Gasteiger partial charge in [-0.1, -0.05) is 20.8 Å². The van der Waals surface area contributed by atoms with E-state index in [0.717, 1.165) is 0 Å². The molecule has 204 valence electrons. The van der Waals surface area contributed by atoms with Gasteiger partial charge in [-0.15, -0.1) is 0 Å². The van der Waals surface area contributed by atoms with Crippen LogP contribution in [-0.2, 0) is 24.2 Å². The normalized spacial score (nSPS) is 18.1. The van der Waals surface area contributed by atoms with Gasteiger partial charge in [-0.25, -0.2) is 18.0 Å². The van der Waals surface area contributed by atoms with Crippen LogP contribution < -0.4 is 0 Å². The molecule has 0 fully saturated rings. The lowest BCUT2D eigenvalue weighted by atomic mass is 10.0. The summed E-state index contributed by atoms with van der Waals surface area (Å²) in [5, 5.41) is 10.7. The van der Waals surface area contributed by atoms with Crippen molar-refractivity contribution in [1.82, 2.24) is 0 Å². The van der Waals surface area contributed by atoms with Gasteiger partial charge in [0.25, 0.3) is 11.9 Å². The molecular weight excluding hydrogens is 529 g/mol. The number of benzene rings is 1. The Bertz CT molecular complexity index is 1100. The first kappa shape index (κ1) is 31.3. The highest BCUT2D eigenvalue weighted by Gasteiger charge is 2.48. The summed E-state index contributed by atoms with van der Waals surface area (Å²) in [5.74, 6) is -0.555. The standard InChI is InChI=1S/C19H29N2O6Si.CHF3O3S/c1-18(2,3)28(6,7)27-20-13-16(12-19(4,5)26-20)25-17(22)14-8-10-15(11-9-14)21(23)24;2-1(3,4)8(5,6)7/h8-11,13,16H,12H2,1-7H3;(H,5,6,7)/q+1;/p-1. The molecule has 0 aliphatic carbocycles. The Morgan fingerprint density at radius 2 is 1.67 bits per heavy atom. The van der Waals surface area contributed by atoms with Crippen molar-refractivity contribution in [2.24, 2.45) is 0 Å². The minimum atomic E-state index is -6.09. The molecule has 1 aliphatic rings. The largest absolute Gasteiger partial charge is 0.741 e. The van der Waals surface area contributed by atoms with Gasteiger partial charge in [-0.3, -0.25) is 10.1 Å². The summed E-state index contributed by atoms with van der Waals surface area (Å²) in [7, 11) is -8.23. The van der Waals surface area contributed by atoms with Crippen molar-refractivity contribution in [2.75, 3.05) is 0 Å². The Balaban J connectivity index is 0.000000697. The smallest absolute Gasteiger partial charge is 0.485 e. The van der Waals surface area contributed by atoms with E-state index in [9.17, 15) is 28.1 Å². The molecule has 2 rings (SSSR count). The Morgan fingerprint density at radius 1 is 1.19 bits per heavy atom. The maximum atomic E-state index is 12.5. The highest BCUT2D eigenvalue weighted by atomic mass is 32.2. The van der Waals surface area contributed by atoms with Gasteiger partial charge < -0.3 is 13.8 Å². The maximum absolute atomic E-state index is 12.5. The summed E-state index contributed by atoms with van der Waals surface area (Å²) in [4.78, 5) is 29.9. The second kappa shape index (κ2) is 10.7. The topological polar surface area (TPSA) is 148 Å². The first-order valence-electron chi connectivity index (χ1n) is 10.5. The van der Waals surface area contributed by atoms with Crippen LogP contribution in [0.15, 0.2) is 24.3 Å². The number of non-ortho nitro benzene ring substituents is 1. The van der Waals surface area contributed by atoms with E-state index in [-0.39, 0.29) is 16.3 Å². The number of esters is 1. The van der Waals surface area contributed by atoms with Crippen LogP contribution in [-0.4, -0.2) is 60.5 Å². The highest BCUT2D eigenvalue weighted by molar-refractivity contribution is 7.86. The van der Waals surface area contributed by atoms with Crippen LogP contribution in [0.1, 0.15) is 51.4 Å². The molecule has 0 aromatic heterocycles. The summed E-state index contributed by atoms with van der Waals surface area (Å²) in [5.41, 5.74) is -6.06. The molecule has 1 heterocycles. The molecule has 1 unspecified atom stereocenters. The molecule has 0 saturated heterocycles. The second-order valence-electron chi connectivity index (χ2n) is 9.99. The van der Waals surface area contributed by atoms with Crippen molar-refractivity contribution >= 4 is 36.3 Å². The number of nitrogens with zero attached hydrogens (tertiary/aromatic N) is 2. The number of ether oxygens (including phenoxy) is 1. The summed E-state index contributed by atoms with van der Waals surface area (Å²) >= 11 is 0. The molecule has 16 heteroatoms. The summed E-state index contributed by atoms with van der Waals surface area (Å²) in [6, 6.07) is 5.33. The zero-order valence-corrected chi connectivity index (χ0v) is 22.6. The van der Waals surface area contributed by atoms with Crippen molar-refractivity contribution in [2.45, 2.75) is 76.4 Å². The van der Waals surface area contributed by atoms with Crippen LogP contribution in [0.25, 0.3) is 0 Å². The zero-order valence-electron chi connectivity index (χ0n) is 20.8. The van der Waals surface area contributed by atoms with Crippen LogP contribution in [0.3, 0.4) is 0 Å². The van der Waals surface area contributed by atoms with E-state index in [2.05, 4.69) is 33.9 Å². The zero-order chi connectivity index (χ0) is 28.3. The fourth-order valence-corrected chi connectivity index (χ4v) is 3.21. The molecular formula is C20H29F3N2O9SSi. The third kappa shape index (κ3) is 9.05. The van der Waals surface area contributed by atoms with E-state index < -0.39 is 46.5 Å². The van der Waals surface area contributed by atoms with E-state index in [0.29, 0.717) is 6.42 Å². The van der Waals surface area contributed by atoms with E-state index in [4.69, 9.17) is 27.1 Å². The average Bonchev–Trinajstić information content (AvgIpc) is 2.64. The number of alkyl halides is 3. The van der Waals surface area contributed by atoms with Crippen molar-refractivity contribution in [3.8, 4) is 0 Å². The first-order chi connectivity index (χ1) is 16.0.